The Morgan fingerprint density at radius 2 is 1.64 bits per heavy atom. The highest BCUT2D eigenvalue weighted by atomic mass is 35.5. The fraction of sp³-hybridized carbons (Fsp3) is 0.174. The highest BCUT2D eigenvalue weighted by Crippen LogP contribution is 2.34. The van der Waals surface area contributed by atoms with Gasteiger partial charge in [0.15, 0.2) is 11.5 Å². The molecule has 33 heavy (non-hydrogen) atoms. The van der Waals surface area contributed by atoms with Gasteiger partial charge in [0, 0.05) is 10.6 Å². The van der Waals surface area contributed by atoms with Gasteiger partial charge in [0.1, 0.15) is 0 Å². The van der Waals surface area contributed by atoms with Gasteiger partial charge < -0.3 is 14.8 Å². The second-order valence-corrected chi connectivity index (χ2v) is 10.4. The summed E-state index contributed by atoms with van der Waals surface area (Å²) in [6, 6.07) is 17.9. The van der Waals surface area contributed by atoms with Crippen LogP contribution in [0.1, 0.15) is 6.92 Å². The average Bonchev–Trinajstić information content (AvgIpc) is 2.80. The van der Waals surface area contributed by atoms with Crippen molar-refractivity contribution in [2.24, 2.45) is 0 Å². The van der Waals surface area contributed by atoms with Crippen molar-refractivity contribution in [3.63, 3.8) is 0 Å². The summed E-state index contributed by atoms with van der Waals surface area (Å²) in [4.78, 5) is 13.5. The molecule has 0 bridgehead atoms. The summed E-state index contributed by atoms with van der Waals surface area (Å²) in [7, 11) is -0.712. The normalized spacial score (nSPS) is 12.0. The number of hydrogen-bond donors (Lipinski definition) is 2. The van der Waals surface area contributed by atoms with Crippen molar-refractivity contribution in [2.45, 2.75) is 22.0 Å². The Balaban J connectivity index is 1.64. The maximum Gasteiger partial charge on any atom is 0.261 e. The van der Waals surface area contributed by atoms with Gasteiger partial charge in [0.05, 0.1) is 35.1 Å². The first-order chi connectivity index (χ1) is 15.7. The first-order valence-electron chi connectivity index (χ1n) is 9.80. The zero-order valence-corrected chi connectivity index (χ0v) is 20.6. The predicted molar refractivity (Wildman–Crippen MR) is 132 cm³/mol. The summed E-state index contributed by atoms with van der Waals surface area (Å²) in [5, 5.41) is 2.69. The van der Waals surface area contributed by atoms with Gasteiger partial charge in [-0.2, -0.15) is 0 Å². The van der Waals surface area contributed by atoms with Crippen LogP contribution in [-0.2, 0) is 14.8 Å². The second kappa shape index (κ2) is 10.8. The minimum atomic E-state index is -3.82. The van der Waals surface area contributed by atoms with Gasteiger partial charge in [-0.1, -0.05) is 23.7 Å². The molecule has 0 spiro atoms. The SMILES string of the molecule is COc1ccc(S[C@H](C)C(=O)Nc2ccc(S(=O)(=O)Nc3ccccc3Cl)cc2)cc1OC. The van der Waals surface area contributed by atoms with Gasteiger partial charge in [-0.3, -0.25) is 9.52 Å². The zero-order chi connectivity index (χ0) is 24.0. The third kappa shape index (κ3) is 6.34. The Hall–Kier alpha value is -2.88. The Labute approximate surface area is 202 Å². The van der Waals surface area contributed by atoms with E-state index in [1.54, 1.807) is 57.5 Å². The van der Waals surface area contributed by atoms with Gasteiger partial charge in [0.2, 0.25) is 5.91 Å². The Bertz CT molecular complexity index is 1230. The number of methoxy groups -OCH3 is 2. The number of nitrogens with one attached hydrogen (secondary N) is 2. The molecule has 174 valence electrons. The molecule has 7 nitrogen and oxygen atoms in total. The van der Waals surface area contributed by atoms with Crippen LogP contribution >= 0.6 is 23.4 Å². The van der Waals surface area contributed by atoms with Crippen LogP contribution in [0.15, 0.2) is 76.5 Å². The van der Waals surface area contributed by atoms with Gasteiger partial charge in [0.25, 0.3) is 10.0 Å². The van der Waals surface area contributed by atoms with E-state index in [0.717, 1.165) is 4.90 Å². The van der Waals surface area contributed by atoms with E-state index >= 15 is 0 Å². The quantitative estimate of drug-likeness (QED) is 0.384. The summed E-state index contributed by atoms with van der Waals surface area (Å²) in [6.07, 6.45) is 0. The van der Waals surface area contributed by atoms with Crippen molar-refractivity contribution in [2.75, 3.05) is 24.3 Å². The van der Waals surface area contributed by atoms with Crippen LogP contribution < -0.4 is 19.5 Å². The molecule has 0 aliphatic heterocycles. The number of carbonyl (C=O) groups is 1. The summed E-state index contributed by atoms with van der Waals surface area (Å²) in [5.74, 6) is 0.968. The van der Waals surface area contributed by atoms with E-state index in [9.17, 15) is 13.2 Å². The highest BCUT2D eigenvalue weighted by Gasteiger charge is 2.18. The molecular weight excluding hydrogens is 484 g/mol. The van der Waals surface area contributed by atoms with E-state index in [4.69, 9.17) is 21.1 Å². The molecule has 1 atom stereocenters. The lowest BCUT2D eigenvalue weighted by atomic mass is 10.3. The zero-order valence-electron chi connectivity index (χ0n) is 18.2. The second-order valence-electron chi connectivity index (χ2n) is 6.88. The summed E-state index contributed by atoms with van der Waals surface area (Å²) < 4.78 is 38.2. The number of amides is 1. The van der Waals surface area contributed by atoms with Gasteiger partial charge in [-0.15, -0.1) is 11.8 Å². The fourth-order valence-corrected chi connectivity index (χ4v) is 5.07. The van der Waals surface area contributed by atoms with Crippen molar-refractivity contribution in [3.05, 3.63) is 71.8 Å². The molecule has 0 fully saturated rings. The van der Waals surface area contributed by atoms with Crippen molar-refractivity contribution in [1.82, 2.24) is 0 Å². The van der Waals surface area contributed by atoms with E-state index in [-0.39, 0.29) is 16.5 Å². The van der Waals surface area contributed by atoms with E-state index in [1.807, 2.05) is 6.07 Å². The highest BCUT2D eigenvalue weighted by molar-refractivity contribution is 8.00. The molecule has 0 saturated carbocycles. The van der Waals surface area contributed by atoms with Crippen LogP contribution in [0.2, 0.25) is 5.02 Å². The first-order valence-corrected chi connectivity index (χ1v) is 12.5. The van der Waals surface area contributed by atoms with Crippen LogP contribution in [0.4, 0.5) is 11.4 Å². The number of rotatable bonds is 9. The lowest BCUT2D eigenvalue weighted by Gasteiger charge is -2.14. The van der Waals surface area contributed by atoms with Gasteiger partial charge >= 0.3 is 0 Å². The number of para-hydroxylation sites is 1. The number of halogens is 1. The number of benzene rings is 3. The number of carbonyl (C=O) groups excluding carboxylic acids is 1. The smallest absolute Gasteiger partial charge is 0.261 e. The third-order valence-electron chi connectivity index (χ3n) is 4.59. The molecule has 3 aromatic rings. The number of hydrogen-bond acceptors (Lipinski definition) is 6. The molecule has 0 aliphatic carbocycles. The Kier molecular flexibility index (Phi) is 8.12. The van der Waals surface area contributed by atoms with E-state index < -0.39 is 15.3 Å². The van der Waals surface area contributed by atoms with Gasteiger partial charge in [-0.05, 0) is 61.5 Å². The van der Waals surface area contributed by atoms with Crippen molar-refractivity contribution < 1.29 is 22.7 Å². The Morgan fingerprint density at radius 3 is 2.27 bits per heavy atom. The van der Waals surface area contributed by atoms with Crippen molar-refractivity contribution in [1.29, 1.82) is 0 Å². The first kappa shape index (κ1) is 24.8. The number of sulfonamides is 1. The molecule has 1 amide bonds. The van der Waals surface area contributed by atoms with Gasteiger partial charge in [-0.25, -0.2) is 8.42 Å². The molecule has 2 N–H and O–H groups in total. The molecule has 3 rings (SSSR count). The summed E-state index contributed by atoms with van der Waals surface area (Å²) >= 11 is 7.39. The monoisotopic (exact) mass is 506 g/mol. The summed E-state index contributed by atoms with van der Waals surface area (Å²) in [6.45, 7) is 1.78. The maximum atomic E-state index is 12.6. The minimum Gasteiger partial charge on any atom is -0.493 e. The molecule has 0 aromatic heterocycles. The third-order valence-corrected chi connectivity index (χ3v) is 7.39. The van der Waals surface area contributed by atoms with Crippen LogP contribution in [0.3, 0.4) is 0 Å². The fourth-order valence-electron chi connectivity index (χ4n) is 2.86. The lowest BCUT2D eigenvalue weighted by molar-refractivity contribution is -0.115. The molecule has 3 aromatic carbocycles. The van der Waals surface area contributed by atoms with Crippen molar-refractivity contribution in [3.8, 4) is 11.5 Å². The van der Waals surface area contributed by atoms with E-state index in [1.165, 1.54) is 36.0 Å². The molecule has 0 heterocycles. The molecule has 0 radical (unpaired) electrons. The topological polar surface area (TPSA) is 93.7 Å². The maximum absolute atomic E-state index is 12.6. The standard InChI is InChI=1S/C23H23ClN2O5S2/c1-15(32-17-10-13-21(30-2)22(14-17)31-3)23(27)25-16-8-11-18(12-9-16)33(28,29)26-20-7-5-4-6-19(20)24/h4-15,26H,1-3H3,(H,25,27)/t15-/m1/s1. The van der Waals surface area contributed by atoms with Crippen LogP contribution in [0.25, 0.3) is 0 Å². The van der Waals surface area contributed by atoms with Crippen molar-refractivity contribution >= 4 is 50.7 Å². The minimum absolute atomic E-state index is 0.0492. The number of thioether (sulfide) groups is 1. The molecule has 0 saturated heterocycles. The number of anilines is 2. The average molecular weight is 507 g/mol. The summed E-state index contributed by atoms with van der Waals surface area (Å²) in [5.41, 5.74) is 0.772. The van der Waals surface area contributed by atoms with Crippen LogP contribution in [0.5, 0.6) is 11.5 Å². The predicted octanol–water partition coefficient (Wildman–Crippen LogP) is 5.28. The van der Waals surface area contributed by atoms with Crippen LogP contribution in [-0.4, -0.2) is 33.8 Å². The van der Waals surface area contributed by atoms with E-state index in [0.29, 0.717) is 22.2 Å². The molecular formula is C23H23ClN2O5S2. The molecule has 0 unspecified atom stereocenters. The lowest BCUT2D eigenvalue weighted by Crippen LogP contribution is -2.22. The van der Waals surface area contributed by atoms with E-state index in [2.05, 4.69) is 10.0 Å². The Morgan fingerprint density at radius 1 is 0.970 bits per heavy atom. The number of ether oxygens (including phenoxy) is 2. The largest absolute Gasteiger partial charge is 0.493 e. The molecule has 10 heteroatoms. The molecule has 0 aliphatic rings. The van der Waals surface area contributed by atoms with Crippen LogP contribution in [0, 0.1) is 0 Å².